The van der Waals surface area contributed by atoms with Crippen molar-refractivity contribution in [3.63, 3.8) is 0 Å². The molecule has 2 heterocycles. The predicted molar refractivity (Wildman–Crippen MR) is 235 cm³/mol. The third kappa shape index (κ3) is 22.6. The number of hydrogen-bond donors (Lipinski definition) is 9. The average molecular weight is 872 g/mol. The van der Waals surface area contributed by atoms with Gasteiger partial charge in [-0.3, -0.25) is 4.79 Å². The molecule has 0 aromatic carbocycles. The maximum atomic E-state index is 13.1. The molecule has 2 aliphatic rings. The Labute approximate surface area is 366 Å². The molecule has 2 aliphatic heterocycles. The number of carbonyl (C=O) groups excluding carboxylic acids is 1. The number of nitrogens with one attached hydrogen (secondary N) is 1. The van der Waals surface area contributed by atoms with Gasteiger partial charge in [0.25, 0.3) is 0 Å². The van der Waals surface area contributed by atoms with Crippen LogP contribution >= 0.6 is 0 Å². The van der Waals surface area contributed by atoms with Gasteiger partial charge in [-0.05, 0) is 57.8 Å². The van der Waals surface area contributed by atoms with Gasteiger partial charge in [0.15, 0.2) is 12.6 Å². The van der Waals surface area contributed by atoms with Gasteiger partial charge in [0.2, 0.25) is 5.91 Å². The lowest BCUT2D eigenvalue weighted by Crippen LogP contribution is -2.65. The molecule has 14 heteroatoms. The van der Waals surface area contributed by atoms with E-state index in [9.17, 15) is 45.6 Å². The van der Waals surface area contributed by atoms with E-state index in [0.29, 0.717) is 12.8 Å². The van der Waals surface area contributed by atoms with Gasteiger partial charge in [-0.15, -0.1) is 0 Å². The van der Waals surface area contributed by atoms with Crippen LogP contribution in [0.5, 0.6) is 0 Å². The smallest absolute Gasteiger partial charge is 0.220 e. The highest BCUT2D eigenvalue weighted by Gasteiger charge is 2.50. The zero-order valence-electron chi connectivity index (χ0n) is 37.4. The maximum absolute atomic E-state index is 13.1. The number of aliphatic hydroxyl groups excluding tert-OH is 8. The van der Waals surface area contributed by atoms with Crippen LogP contribution in [0, 0.1) is 0 Å². The van der Waals surface area contributed by atoms with Crippen molar-refractivity contribution in [3.05, 3.63) is 36.5 Å². The van der Waals surface area contributed by atoms with Gasteiger partial charge in [-0.1, -0.05) is 134 Å². The van der Waals surface area contributed by atoms with Gasteiger partial charge in [0.1, 0.15) is 48.8 Å². The Bertz CT molecular complexity index is 1170. The monoisotopic (exact) mass is 872 g/mol. The van der Waals surface area contributed by atoms with Crippen molar-refractivity contribution in [3.8, 4) is 0 Å². The highest BCUT2D eigenvalue weighted by molar-refractivity contribution is 5.76. The molecule has 1 amide bonds. The molecule has 2 saturated heterocycles. The quantitative estimate of drug-likeness (QED) is 0.0297. The van der Waals surface area contributed by atoms with E-state index in [1.165, 1.54) is 77.0 Å². The van der Waals surface area contributed by atoms with Crippen LogP contribution < -0.4 is 5.32 Å². The standard InChI is InChI=1S/C47H85NO13/c1-3-5-7-9-11-13-15-17-19-20-22-24-26-28-30-36(51)35(48-39(52)31-29-27-25-23-21-18-16-14-12-10-8-6-4-2)34-58-46-44(57)42(55)45(38(33-50)60-46)61-47-43(56)41(54)40(53)37(32-49)59-47/h14,16,20,22,28,30,35-38,40-47,49-51,53-57H,3-13,15,17-19,21,23-27,29,31-34H2,1-2H3,(H,48,52)/b16-14-,22-20+,30-28+. The van der Waals surface area contributed by atoms with Crippen LogP contribution in [-0.4, -0.2) is 140 Å². The van der Waals surface area contributed by atoms with Crippen molar-refractivity contribution in [1.82, 2.24) is 5.32 Å². The number of hydrogen-bond acceptors (Lipinski definition) is 13. The second-order valence-corrected chi connectivity index (χ2v) is 16.9. The highest BCUT2D eigenvalue weighted by atomic mass is 16.7. The van der Waals surface area contributed by atoms with Crippen LogP contribution in [0.4, 0.5) is 0 Å². The Balaban J connectivity index is 1.91. The molecule has 14 nitrogen and oxygen atoms in total. The molecule has 9 N–H and O–H groups in total. The van der Waals surface area contributed by atoms with E-state index in [1.807, 2.05) is 6.08 Å². The summed E-state index contributed by atoms with van der Waals surface area (Å²) in [5.74, 6) is -0.262. The molecule has 0 bridgehead atoms. The van der Waals surface area contributed by atoms with Crippen molar-refractivity contribution >= 4 is 5.91 Å². The molecular weight excluding hydrogens is 787 g/mol. The van der Waals surface area contributed by atoms with Gasteiger partial charge >= 0.3 is 0 Å². The van der Waals surface area contributed by atoms with Crippen molar-refractivity contribution < 1.29 is 64.6 Å². The summed E-state index contributed by atoms with van der Waals surface area (Å²) in [7, 11) is 0. The van der Waals surface area contributed by atoms with E-state index < -0.39 is 86.8 Å². The van der Waals surface area contributed by atoms with E-state index >= 15 is 0 Å². The largest absolute Gasteiger partial charge is 0.394 e. The van der Waals surface area contributed by atoms with E-state index in [2.05, 4.69) is 43.5 Å². The summed E-state index contributed by atoms with van der Waals surface area (Å²) in [6, 6.07) is -0.932. The fourth-order valence-corrected chi connectivity index (χ4v) is 7.59. The summed E-state index contributed by atoms with van der Waals surface area (Å²) in [6.07, 6.45) is 20.5. The second-order valence-electron chi connectivity index (χ2n) is 16.9. The van der Waals surface area contributed by atoms with Gasteiger partial charge in [0.05, 0.1) is 32.0 Å². The molecule has 0 aromatic heterocycles. The Morgan fingerprint density at radius 1 is 0.574 bits per heavy atom. The van der Waals surface area contributed by atoms with Crippen LogP contribution in [0.3, 0.4) is 0 Å². The lowest BCUT2D eigenvalue weighted by atomic mass is 9.97. The molecule has 61 heavy (non-hydrogen) atoms. The molecule has 0 radical (unpaired) electrons. The second kappa shape index (κ2) is 34.6. The first-order valence-corrected chi connectivity index (χ1v) is 23.7. The SMILES string of the molecule is CCCCCC/C=C\CCCCCCCC(=O)NC(COC1OC(CO)C(OC2OC(CO)C(O)C(O)C2O)C(O)C1O)C(O)/C=C/CC/C=C/CCCCCCCCCC. The average Bonchev–Trinajstić information content (AvgIpc) is 3.26. The molecule has 0 aliphatic carbocycles. The van der Waals surface area contributed by atoms with Crippen molar-refractivity contribution in [2.24, 2.45) is 0 Å². The lowest BCUT2D eigenvalue weighted by Gasteiger charge is -2.46. The first kappa shape index (κ1) is 55.3. The normalized spacial score (nSPS) is 28.3. The minimum atomic E-state index is -1.79. The lowest BCUT2D eigenvalue weighted by molar-refractivity contribution is -0.359. The first-order chi connectivity index (χ1) is 29.6. The highest BCUT2D eigenvalue weighted by Crippen LogP contribution is 2.30. The number of carbonyl (C=O) groups is 1. The molecule has 12 unspecified atom stereocenters. The van der Waals surface area contributed by atoms with Crippen molar-refractivity contribution in [2.45, 2.75) is 235 Å². The Morgan fingerprint density at radius 3 is 1.62 bits per heavy atom. The zero-order valence-corrected chi connectivity index (χ0v) is 37.4. The summed E-state index contributed by atoms with van der Waals surface area (Å²) >= 11 is 0. The van der Waals surface area contributed by atoms with Crippen LogP contribution in [0.1, 0.15) is 162 Å². The number of allylic oxidation sites excluding steroid dienone is 5. The summed E-state index contributed by atoms with van der Waals surface area (Å²) in [5, 5.41) is 86.5. The topological polar surface area (TPSA) is 228 Å². The van der Waals surface area contributed by atoms with Gasteiger partial charge in [-0.2, -0.15) is 0 Å². The van der Waals surface area contributed by atoms with Gasteiger partial charge in [-0.25, -0.2) is 0 Å². The molecule has 0 aromatic rings. The third-order valence-corrected chi connectivity index (χ3v) is 11.5. The van der Waals surface area contributed by atoms with Crippen LogP contribution in [-0.2, 0) is 23.7 Å². The number of aliphatic hydroxyl groups is 8. The Kier molecular flexibility index (Phi) is 31.4. The van der Waals surface area contributed by atoms with Gasteiger partial charge < -0.3 is 65.1 Å². The minimum absolute atomic E-state index is 0.262. The fraction of sp³-hybridized carbons (Fsp3) is 0.851. The summed E-state index contributed by atoms with van der Waals surface area (Å²) in [5.41, 5.74) is 0. The Morgan fingerprint density at radius 2 is 1.05 bits per heavy atom. The number of amides is 1. The van der Waals surface area contributed by atoms with Crippen molar-refractivity contribution in [1.29, 1.82) is 0 Å². The summed E-state index contributed by atoms with van der Waals surface area (Å²) in [6.45, 7) is 2.71. The van der Waals surface area contributed by atoms with Crippen LogP contribution in [0.25, 0.3) is 0 Å². The molecule has 0 spiro atoms. The molecule has 0 saturated carbocycles. The molecule has 12 atom stereocenters. The molecule has 2 rings (SSSR count). The molecule has 2 fully saturated rings. The maximum Gasteiger partial charge on any atom is 0.220 e. The van der Waals surface area contributed by atoms with E-state index in [4.69, 9.17) is 18.9 Å². The fourth-order valence-electron chi connectivity index (χ4n) is 7.59. The molecular formula is C47H85NO13. The van der Waals surface area contributed by atoms with Gasteiger partial charge in [0, 0.05) is 6.42 Å². The summed E-state index contributed by atoms with van der Waals surface area (Å²) < 4.78 is 22.6. The number of unbranched alkanes of at least 4 members (excludes halogenated alkanes) is 18. The third-order valence-electron chi connectivity index (χ3n) is 11.5. The minimum Gasteiger partial charge on any atom is -0.394 e. The molecule has 356 valence electrons. The van der Waals surface area contributed by atoms with Crippen molar-refractivity contribution in [2.75, 3.05) is 19.8 Å². The summed E-state index contributed by atoms with van der Waals surface area (Å²) in [4.78, 5) is 13.1. The zero-order chi connectivity index (χ0) is 44.7. The van der Waals surface area contributed by atoms with E-state index in [-0.39, 0.29) is 18.9 Å². The predicted octanol–water partition coefficient (Wildman–Crippen LogP) is 5.15. The number of ether oxygens (including phenoxy) is 4. The van der Waals surface area contributed by atoms with Crippen LogP contribution in [0.2, 0.25) is 0 Å². The van der Waals surface area contributed by atoms with E-state index in [1.54, 1.807) is 6.08 Å². The first-order valence-electron chi connectivity index (χ1n) is 23.7. The van der Waals surface area contributed by atoms with Crippen LogP contribution in [0.15, 0.2) is 36.5 Å². The van der Waals surface area contributed by atoms with E-state index in [0.717, 1.165) is 51.4 Å². The Hall–Kier alpha value is -1.79. The number of rotatable bonds is 35.